The molecule has 4 rings (SSSR count). The van der Waals surface area contributed by atoms with Crippen molar-refractivity contribution in [3.05, 3.63) is 54.4 Å². The fraction of sp³-hybridized carbons (Fsp3) is 0.0588. The van der Waals surface area contributed by atoms with Gasteiger partial charge in [0.2, 0.25) is 17.8 Å². The number of para-hydroxylation sites is 2. The molecule has 25 heavy (non-hydrogen) atoms. The van der Waals surface area contributed by atoms with Crippen molar-refractivity contribution in [1.82, 2.24) is 24.5 Å². The summed E-state index contributed by atoms with van der Waals surface area (Å²) < 4.78 is 1.78. The van der Waals surface area contributed by atoms with E-state index in [2.05, 4.69) is 25.3 Å². The third-order valence-electron chi connectivity index (χ3n) is 3.64. The largest absolute Gasteiger partial charge is 0.508 e. The van der Waals surface area contributed by atoms with Crippen molar-refractivity contribution in [2.45, 2.75) is 6.92 Å². The number of phenolic OH excluding ortho intramolecular Hbond substituents is 1. The molecule has 0 radical (unpaired) electrons. The molecule has 0 spiro atoms. The number of nitrogen functional groups attached to an aromatic ring is 1. The predicted molar refractivity (Wildman–Crippen MR) is 95.0 cm³/mol. The molecular formula is C17H15N7O. The number of phenols is 1. The molecule has 2 aromatic carbocycles. The highest BCUT2D eigenvalue weighted by molar-refractivity contribution is 5.81. The average Bonchev–Trinajstić information content (AvgIpc) is 2.94. The van der Waals surface area contributed by atoms with Crippen molar-refractivity contribution in [2.75, 3.05) is 11.1 Å². The maximum atomic E-state index is 9.44. The number of nitrogens with one attached hydrogen (secondary N) is 1. The summed E-state index contributed by atoms with van der Waals surface area (Å²) in [5.74, 6) is 1.79. The first-order valence-electron chi connectivity index (χ1n) is 7.62. The van der Waals surface area contributed by atoms with Gasteiger partial charge in [-0.05, 0) is 43.3 Å². The summed E-state index contributed by atoms with van der Waals surface area (Å²) in [5, 5.41) is 12.7. The van der Waals surface area contributed by atoms with E-state index in [-0.39, 0.29) is 11.7 Å². The Labute approximate surface area is 143 Å². The molecule has 0 aliphatic heterocycles. The van der Waals surface area contributed by atoms with E-state index in [0.29, 0.717) is 17.7 Å². The van der Waals surface area contributed by atoms with Gasteiger partial charge < -0.3 is 16.2 Å². The van der Waals surface area contributed by atoms with E-state index in [1.165, 1.54) is 0 Å². The number of aromatic nitrogens is 5. The Hall–Kier alpha value is -3.68. The Morgan fingerprint density at radius 2 is 1.72 bits per heavy atom. The van der Waals surface area contributed by atoms with Gasteiger partial charge in [-0.25, -0.2) is 9.55 Å². The van der Waals surface area contributed by atoms with E-state index in [1.807, 2.05) is 24.3 Å². The van der Waals surface area contributed by atoms with Crippen LogP contribution in [0.1, 0.15) is 5.82 Å². The van der Waals surface area contributed by atoms with Crippen molar-refractivity contribution in [3.8, 4) is 11.7 Å². The molecule has 0 aliphatic carbocycles. The lowest BCUT2D eigenvalue weighted by Crippen LogP contribution is -2.10. The van der Waals surface area contributed by atoms with Gasteiger partial charge in [0.05, 0.1) is 11.0 Å². The van der Waals surface area contributed by atoms with Crippen LogP contribution in [0.3, 0.4) is 0 Å². The van der Waals surface area contributed by atoms with Crippen LogP contribution in [0.2, 0.25) is 0 Å². The molecule has 0 saturated carbocycles. The Morgan fingerprint density at radius 3 is 2.48 bits per heavy atom. The van der Waals surface area contributed by atoms with Gasteiger partial charge >= 0.3 is 0 Å². The van der Waals surface area contributed by atoms with Crippen LogP contribution in [0.4, 0.5) is 17.6 Å². The van der Waals surface area contributed by atoms with Crippen LogP contribution in [0.25, 0.3) is 17.0 Å². The van der Waals surface area contributed by atoms with E-state index in [4.69, 9.17) is 5.73 Å². The van der Waals surface area contributed by atoms with Crippen LogP contribution in [0.15, 0.2) is 48.5 Å². The second-order valence-electron chi connectivity index (χ2n) is 5.47. The molecule has 2 heterocycles. The van der Waals surface area contributed by atoms with Crippen molar-refractivity contribution >= 4 is 28.6 Å². The zero-order valence-electron chi connectivity index (χ0n) is 13.4. The molecule has 4 aromatic rings. The molecule has 0 aliphatic rings. The highest BCUT2D eigenvalue weighted by Crippen LogP contribution is 2.26. The first-order chi connectivity index (χ1) is 12.1. The summed E-state index contributed by atoms with van der Waals surface area (Å²) in [4.78, 5) is 17.3. The number of aryl methyl sites for hydroxylation is 1. The third kappa shape index (κ3) is 2.80. The molecule has 8 nitrogen and oxygen atoms in total. The van der Waals surface area contributed by atoms with E-state index in [9.17, 15) is 5.11 Å². The Bertz CT molecular complexity index is 1040. The minimum absolute atomic E-state index is 0.149. The summed E-state index contributed by atoms with van der Waals surface area (Å²) in [5.41, 5.74) is 8.19. The van der Waals surface area contributed by atoms with E-state index in [1.54, 1.807) is 35.8 Å². The maximum Gasteiger partial charge on any atom is 0.242 e. The molecule has 124 valence electrons. The summed E-state index contributed by atoms with van der Waals surface area (Å²) in [6.45, 7) is 1.76. The zero-order chi connectivity index (χ0) is 17.4. The first kappa shape index (κ1) is 14.9. The Kier molecular flexibility index (Phi) is 3.42. The Morgan fingerprint density at radius 1 is 0.960 bits per heavy atom. The molecule has 0 saturated heterocycles. The average molecular weight is 333 g/mol. The Balaban J connectivity index is 1.90. The number of hydrogen-bond donors (Lipinski definition) is 3. The molecule has 8 heteroatoms. The highest BCUT2D eigenvalue weighted by atomic mass is 16.3. The number of fused-ring (bicyclic) bond motifs is 1. The van der Waals surface area contributed by atoms with Crippen LogP contribution in [0.5, 0.6) is 5.75 Å². The van der Waals surface area contributed by atoms with Gasteiger partial charge in [0.15, 0.2) is 0 Å². The normalized spacial score (nSPS) is 10.9. The lowest BCUT2D eigenvalue weighted by molar-refractivity contribution is 0.475. The van der Waals surface area contributed by atoms with Gasteiger partial charge in [0, 0.05) is 5.69 Å². The number of rotatable bonds is 3. The second kappa shape index (κ2) is 5.75. The minimum Gasteiger partial charge on any atom is -0.508 e. The highest BCUT2D eigenvalue weighted by Gasteiger charge is 2.15. The number of anilines is 3. The smallest absolute Gasteiger partial charge is 0.242 e. The SMILES string of the molecule is Cc1nc(N)nc(-n2c(Nc3ccc(O)cc3)nc3ccccc32)n1. The summed E-state index contributed by atoms with van der Waals surface area (Å²) >= 11 is 0. The van der Waals surface area contributed by atoms with Gasteiger partial charge in [-0.2, -0.15) is 15.0 Å². The molecule has 0 unspecified atom stereocenters. The first-order valence-corrected chi connectivity index (χ1v) is 7.62. The summed E-state index contributed by atoms with van der Waals surface area (Å²) in [6, 6.07) is 14.4. The van der Waals surface area contributed by atoms with Gasteiger partial charge in [-0.1, -0.05) is 12.1 Å². The van der Waals surface area contributed by atoms with Crippen LogP contribution in [-0.2, 0) is 0 Å². The fourth-order valence-electron chi connectivity index (χ4n) is 2.57. The van der Waals surface area contributed by atoms with Crippen LogP contribution < -0.4 is 11.1 Å². The van der Waals surface area contributed by atoms with Gasteiger partial charge in [0.1, 0.15) is 11.6 Å². The molecule has 4 N–H and O–H groups in total. The van der Waals surface area contributed by atoms with Crippen molar-refractivity contribution < 1.29 is 5.11 Å². The quantitative estimate of drug-likeness (QED) is 0.493. The number of nitrogens with two attached hydrogens (primary N) is 1. The van der Waals surface area contributed by atoms with Crippen LogP contribution in [0, 0.1) is 6.92 Å². The number of benzene rings is 2. The topological polar surface area (TPSA) is 115 Å². The standard InChI is InChI=1S/C17H15N7O/c1-10-19-15(18)23-16(20-10)24-14-5-3-2-4-13(14)22-17(24)21-11-6-8-12(25)9-7-11/h2-9,25H,1H3,(H,21,22)(H2,18,19,20,23). The molecule has 0 atom stereocenters. The van der Waals surface area contributed by atoms with E-state index < -0.39 is 0 Å². The monoisotopic (exact) mass is 333 g/mol. The van der Waals surface area contributed by atoms with E-state index >= 15 is 0 Å². The third-order valence-corrected chi connectivity index (χ3v) is 3.64. The van der Waals surface area contributed by atoms with E-state index in [0.717, 1.165) is 16.7 Å². The molecular weight excluding hydrogens is 318 g/mol. The lowest BCUT2D eigenvalue weighted by Gasteiger charge is -2.10. The lowest BCUT2D eigenvalue weighted by atomic mass is 10.3. The summed E-state index contributed by atoms with van der Waals surface area (Å²) in [7, 11) is 0. The number of aromatic hydroxyl groups is 1. The molecule has 0 bridgehead atoms. The maximum absolute atomic E-state index is 9.44. The van der Waals surface area contributed by atoms with Gasteiger partial charge in [0.25, 0.3) is 0 Å². The fourth-order valence-corrected chi connectivity index (χ4v) is 2.57. The summed E-state index contributed by atoms with van der Waals surface area (Å²) in [6.07, 6.45) is 0. The number of hydrogen-bond acceptors (Lipinski definition) is 7. The molecule has 2 aromatic heterocycles. The van der Waals surface area contributed by atoms with Crippen LogP contribution >= 0.6 is 0 Å². The van der Waals surface area contributed by atoms with Crippen molar-refractivity contribution in [3.63, 3.8) is 0 Å². The van der Waals surface area contributed by atoms with Crippen LogP contribution in [-0.4, -0.2) is 29.6 Å². The number of imidazole rings is 1. The van der Waals surface area contributed by atoms with Gasteiger partial charge in [-0.3, -0.25) is 0 Å². The second-order valence-corrected chi connectivity index (χ2v) is 5.47. The van der Waals surface area contributed by atoms with Crippen molar-refractivity contribution in [1.29, 1.82) is 0 Å². The van der Waals surface area contributed by atoms with Crippen molar-refractivity contribution in [2.24, 2.45) is 0 Å². The minimum atomic E-state index is 0.149. The predicted octanol–water partition coefficient (Wildman–Crippen LogP) is 2.55. The molecule has 0 amide bonds. The number of nitrogens with zero attached hydrogens (tertiary/aromatic N) is 5. The van der Waals surface area contributed by atoms with Gasteiger partial charge in [-0.15, -0.1) is 0 Å². The zero-order valence-corrected chi connectivity index (χ0v) is 13.4. The molecule has 0 fully saturated rings.